The van der Waals surface area contributed by atoms with E-state index in [1.807, 2.05) is 0 Å². The number of methoxy groups -OCH3 is 2. The van der Waals surface area contributed by atoms with E-state index in [9.17, 15) is 22.4 Å². The number of carbonyl (C=O) groups is 2. The van der Waals surface area contributed by atoms with Gasteiger partial charge in [-0.1, -0.05) is 0 Å². The van der Waals surface area contributed by atoms with Gasteiger partial charge in [0.1, 0.15) is 12.4 Å². The quantitative estimate of drug-likeness (QED) is 0.463. The van der Waals surface area contributed by atoms with E-state index >= 15 is 0 Å². The lowest BCUT2D eigenvalue weighted by Gasteiger charge is -2.24. The van der Waals surface area contributed by atoms with E-state index in [0.717, 1.165) is 16.4 Å². The van der Waals surface area contributed by atoms with Crippen LogP contribution in [-0.2, 0) is 19.6 Å². The molecular weight excluding hydrogens is 477 g/mol. The predicted octanol–water partition coefficient (Wildman–Crippen LogP) is 3.64. The summed E-state index contributed by atoms with van der Waals surface area (Å²) in [7, 11) is -1.47. The number of nitrogens with one attached hydrogen (secondary N) is 2. The minimum Gasteiger partial charge on any atom is -0.493 e. The zero-order valence-corrected chi connectivity index (χ0v) is 20.1. The molecule has 0 heterocycles. The van der Waals surface area contributed by atoms with Gasteiger partial charge in [0.15, 0.2) is 11.5 Å². The lowest BCUT2D eigenvalue weighted by molar-refractivity contribution is -0.115. The van der Waals surface area contributed by atoms with E-state index in [4.69, 9.17) is 9.47 Å². The van der Waals surface area contributed by atoms with Crippen LogP contribution in [0.25, 0.3) is 0 Å². The van der Waals surface area contributed by atoms with E-state index < -0.39 is 28.3 Å². The molecular formula is C24H24FN3O6S. The highest BCUT2D eigenvalue weighted by Gasteiger charge is 2.28. The minimum atomic E-state index is -4.27. The van der Waals surface area contributed by atoms with Crippen LogP contribution in [0, 0.1) is 5.82 Å². The van der Waals surface area contributed by atoms with Crippen molar-refractivity contribution in [1.82, 2.24) is 0 Å². The maximum absolute atomic E-state index is 13.5. The molecule has 11 heteroatoms. The molecule has 0 unspecified atom stereocenters. The largest absolute Gasteiger partial charge is 0.493 e. The predicted molar refractivity (Wildman–Crippen MR) is 130 cm³/mol. The summed E-state index contributed by atoms with van der Waals surface area (Å²) in [5, 5.41) is 5.23. The highest BCUT2D eigenvalue weighted by Crippen LogP contribution is 2.32. The lowest BCUT2D eigenvalue weighted by Crippen LogP contribution is -2.38. The maximum Gasteiger partial charge on any atom is 0.264 e. The monoisotopic (exact) mass is 501 g/mol. The molecule has 0 saturated carbocycles. The smallest absolute Gasteiger partial charge is 0.264 e. The first kappa shape index (κ1) is 25.5. The summed E-state index contributed by atoms with van der Waals surface area (Å²) < 4.78 is 51.8. The van der Waals surface area contributed by atoms with Gasteiger partial charge in [0.25, 0.3) is 10.0 Å². The molecule has 0 radical (unpaired) electrons. The average Bonchev–Trinajstić information content (AvgIpc) is 2.83. The van der Waals surface area contributed by atoms with Gasteiger partial charge in [0, 0.05) is 24.4 Å². The third kappa shape index (κ3) is 6.27. The number of carbonyl (C=O) groups excluding carboxylic acids is 2. The highest BCUT2D eigenvalue weighted by molar-refractivity contribution is 7.92. The first-order valence-electron chi connectivity index (χ1n) is 10.3. The van der Waals surface area contributed by atoms with E-state index in [1.165, 1.54) is 51.5 Å². The summed E-state index contributed by atoms with van der Waals surface area (Å²) in [6, 6.07) is 15.1. The van der Waals surface area contributed by atoms with Crippen molar-refractivity contribution in [2.45, 2.75) is 11.8 Å². The van der Waals surface area contributed by atoms with Gasteiger partial charge in [-0.3, -0.25) is 13.9 Å². The molecule has 3 aromatic rings. The van der Waals surface area contributed by atoms with E-state index in [-0.39, 0.29) is 22.2 Å². The Balaban J connectivity index is 1.91. The SMILES string of the molecule is COc1ccc(S(=O)(=O)N(CC(=O)Nc2ccc(NC(C)=O)cc2)c2ccc(F)cc2)cc1OC. The molecule has 0 saturated heterocycles. The van der Waals surface area contributed by atoms with Crippen molar-refractivity contribution in [2.75, 3.05) is 35.7 Å². The number of halogens is 1. The average molecular weight is 502 g/mol. The van der Waals surface area contributed by atoms with Gasteiger partial charge in [-0.2, -0.15) is 0 Å². The number of hydrogen-bond acceptors (Lipinski definition) is 6. The Hall–Kier alpha value is -4.12. The third-order valence-corrected chi connectivity index (χ3v) is 6.60. The van der Waals surface area contributed by atoms with E-state index in [0.29, 0.717) is 17.1 Å². The summed E-state index contributed by atoms with van der Waals surface area (Å²) >= 11 is 0. The van der Waals surface area contributed by atoms with Crippen LogP contribution in [0.3, 0.4) is 0 Å². The van der Waals surface area contributed by atoms with Crippen LogP contribution >= 0.6 is 0 Å². The van der Waals surface area contributed by atoms with Crippen LogP contribution in [0.15, 0.2) is 71.6 Å². The van der Waals surface area contributed by atoms with Crippen molar-refractivity contribution in [1.29, 1.82) is 0 Å². The molecule has 2 N–H and O–H groups in total. The summed E-state index contributed by atoms with van der Waals surface area (Å²) in [5.74, 6) is -0.903. The second kappa shape index (κ2) is 10.9. The normalized spacial score (nSPS) is 10.9. The molecule has 9 nitrogen and oxygen atoms in total. The van der Waals surface area contributed by atoms with Crippen LogP contribution < -0.4 is 24.4 Å². The van der Waals surface area contributed by atoms with Crippen molar-refractivity contribution in [2.24, 2.45) is 0 Å². The van der Waals surface area contributed by atoms with Gasteiger partial charge in [-0.15, -0.1) is 0 Å². The third-order valence-electron chi connectivity index (χ3n) is 4.83. The van der Waals surface area contributed by atoms with E-state index in [2.05, 4.69) is 10.6 Å². The summed E-state index contributed by atoms with van der Waals surface area (Å²) in [4.78, 5) is 23.8. The molecule has 0 aliphatic carbocycles. The molecule has 0 fully saturated rings. The number of hydrogen-bond donors (Lipinski definition) is 2. The van der Waals surface area contributed by atoms with Crippen molar-refractivity contribution in [3.05, 3.63) is 72.5 Å². The Kier molecular flexibility index (Phi) is 7.92. The molecule has 0 bridgehead atoms. The Labute approximate surface area is 202 Å². The van der Waals surface area contributed by atoms with Gasteiger partial charge < -0.3 is 20.1 Å². The summed E-state index contributed by atoms with van der Waals surface area (Å²) in [6.07, 6.45) is 0. The van der Waals surface area contributed by atoms with Crippen LogP contribution in [0.2, 0.25) is 0 Å². The lowest BCUT2D eigenvalue weighted by atomic mass is 10.2. The molecule has 184 valence electrons. The van der Waals surface area contributed by atoms with Crippen molar-refractivity contribution in [3.8, 4) is 11.5 Å². The molecule has 0 aliphatic rings. The minimum absolute atomic E-state index is 0.0948. The number of nitrogens with zero attached hydrogens (tertiary/aromatic N) is 1. The molecule has 3 rings (SSSR count). The van der Waals surface area contributed by atoms with E-state index in [1.54, 1.807) is 24.3 Å². The van der Waals surface area contributed by atoms with Gasteiger partial charge in [0.2, 0.25) is 11.8 Å². The van der Waals surface area contributed by atoms with Gasteiger partial charge in [0.05, 0.1) is 24.8 Å². The number of benzene rings is 3. The van der Waals surface area contributed by atoms with Crippen molar-refractivity contribution < 1.29 is 31.9 Å². The fourth-order valence-electron chi connectivity index (χ4n) is 3.20. The molecule has 2 amide bonds. The van der Waals surface area contributed by atoms with Crippen LogP contribution in [-0.4, -0.2) is 41.0 Å². The number of sulfonamides is 1. The van der Waals surface area contributed by atoms with Gasteiger partial charge in [-0.25, -0.2) is 12.8 Å². The Morgan fingerprint density at radius 3 is 1.97 bits per heavy atom. The zero-order valence-electron chi connectivity index (χ0n) is 19.2. The first-order chi connectivity index (χ1) is 16.6. The van der Waals surface area contributed by atoms with Gasteiger partial charge in [-0.05, 0) is 60.7 Å². The number of rotatable bonds is 9. The Morgan fingerprint density at radius 1 is 0.857 bits per heavy atom. The standard InChI is InChI=1S/C24H24FN3O6S/c1-16(29)26-18-6-8-19(9-7-18)27-24(30)15-28(20-10-4-17(25)5-11-20)35(31,32)21-12-13-22(33-2)23(14-21)34-3/h4-14H,15H2,1-3H3,(H,26,29)(H,27,30). The number of amides is 2. The number of anilines is 3. The van der Waals surface area contributed by atoms with Crippen molar-refractivity contribution >= 4 is 38.9 Å². The van der Waals surface area contributed by atoms with Crippen LogP contribution in [0.5, 0.6) is 11.5 Å². The van der Waals surface area contributed by atoms with Crippen LogP contribution in [0.1, 0.15) is 6.92 Å². The summed E-state index contributed by atoms with van der Waals surface area (Å²) in [5.41, 5.74) is 1.03. The second-order valence-corrected chi connectivity index (χ2v) is 9.17. The fraction of sp³-hybridized carbons (Fsp3) is 0.167. The highest BCUT2D eigenvalue weighted by atomic mass is 32.2. The number of ether oxygens (including phenoxy) is 2. The fourth-order valence-corrected chi connectivity index (χ4v) is 4.63. The molecule has 35 heavy (non-hydrogen) atoms. The summed E-state index contributed by atoms with van der Waals surface area (Å²) in [6.45, 7) is 0.786. The molecule has 0 spiro atoms. The second-order valence-electron chi connectivity index (χ2n) is 7.31. The Bertz CT molecular complexity index is 1310. The maximum atomic E-state index is 13.5. The van der Waals surface area contributed by atoms with Crippen LogP contribution in [0.4, 0.5) is 21.5 Å². The molecule has 0 aromatic heterocycles. The van der Waals surface area contributed by atoms with Crippen molar-refractivity contribution in [3.63, 3.8) is 0 Å². The molecule has 3 aromatic carbocycles. The molecule has 0 aliphatic heterocycles. The van der Waals surface area contributed by atoms with Gasteiger partial charge >= 0.3 is 0 Å². The molecule has 0 atom stereocenters. The Morgan fingerprint density at radius 2 is 1.43 bits per heavy atom. The first-order valence-corrected chi connectivity index (χ1v) is 11.8. The zero-order chi connectivity index (χ0) is 25.6. The topological polar surface area (TPSA) is 114 Å².